The maximum Gasteiger partial charge on any atom is 0.338 e. The Bertz CT molecular complexity index is 1520. The van der Waals surface area contributed by atoms with Crippen LogP contribution in [0.3, 0.4) is 0 Å². The normalized spacial score (nSPS) is 16.2. The van der Waals surface area contributed by atoms with Crippen molar-refractivity contribution in [2.24, 2.45) is 4.99 Å². The van der Waals surface area contributed by atoms with E-state index in [0.29, 0.717) is 32.1 Å². The smallest absolute Gasteiger partial charge is 0.338 e. The summed E-state index contributed by atoms with van der Waals surface area (Å²) in [4.78, 5) is 31.9. The number of hydrogen-bond donors (Lipinski definition) is 0. The van der Waals surface area contributed by atoms with Gasteiger partial charge in [-0.05, 0) is 63.5 Å². The number of thiazole rings is 1. The Morgan fingerprint density at radius 3 is 2.51 bits per heavy atom. The highest BCUT2D eigenvalue weighted by Gasteiger charge is 2.33. The van der Waals surface area contributed by atoms with Crippen molar-refractivity contribution < 1.29 is 19.0 Å². The number of fused-ring (bicyclic) bond motifs is 1. The Kier molecular flexibility index (Phi) is 7.97. The highest BCUT2D eigenvalue weighted by atomic mass is 32.1. The van der Waals surface area contributed by atoms with E-state index in [2.05, 4.69) is 11.9 Å². The average molecular weight is 521 g/mol. The first kappa shape index (κ1) is 26.4. The maximum absolute atomic E-state index is 13.8. The van der Waals surface area contributed by atoms with E-state index in [1.807, 2.05) is 62.4 Å². The topological polar surface area (TPSA) is 79.1 Å². The first-order valence-electron chi connectivity index (χ1n) is 12.4. The highest BCUT2D eigenvalue weighted by Crippen LogP contribution is 2.31. The van der Waals surface area contributed by atoms with Crippen LogP contribution in [0, 0.1) is 6.92 Å². The van der Waals surface area contributed by atoms with Gasteiger partial charge in [0, 0.05) is 0 Å². The van der Waals surface area contributed by atoms with Crippen molar-refractivity contribution >= 4 is 23.4 Å². The zero-order valence-corrected chi connectivity index (χ0v) is 22.8. The van der Waals surface area contributed by atoms with E-state index in [-0.39, 0.29) is 18.3 Å². The first-order valence-corrected chi connectivity index (χ1v) is 13.2. The van der Waals surface area contributed by atoms with Crippen LogP contribution in [0.4, 0.5) is 0 Å². The third-order valence-corrected chi connectivity index (χ3v) is 7.28. The lowest BCUT2D eigenvalue weighted by atomic mass is 9.95. The predicted octanol–water partition coefficient (Wildman–Crippen LogP) is 4.29. The van der Waals surface area contributed by atoms with Gasteiger partial charge in [0.2, 0.25) is 0 Å². The summed E-state index contributed by atoms with van der Waals surface area (Å²) >= 11 is 1.29. The number of esters is 1. The molecular weight excluding hydrogens is 488 g/mol. The van der Waals surface area contributed by atoms with Crippen molar-refractivity contribution in [3.05, 3.63) is 90.1 Å². The van der Waals surface area contributed by atoms with Crippen molar-refractivity contribution in [1.82, 2.24) is 4.57 Å². The molecule has 8 heteroatoms. The lowest BCUT2D eigenvalue weighted by Gasteiger charge is -2.24. The van der Waals surface area contributed by atoms with Crippen molar-refractivity contribution in [2.75, 3.05) is 13.7 Å². The van der Waals surface area contributed by atoms with Crippen molar-refractivity contribution in [2.45, 2.75) is 53.2 Å². The molecule has 0 radical (unpaired) electrons. The standard InChI is InChI=1S/C29H32N2O5S/c1-7-18(4)36-22-14-11-20(15-23(22)34-6)16-24-27(32)31-26(21-12-9-17(3)10-13-21)25(28(33)35-8-2)19(5)30-29(31)37-24/h9-16,18,26H,7-8H2,1-6H3/b24-16+/t18-,26-/m0/s1. The van der Waals surface area contributed by atoms with Gasteiger partial charge in [0.15, 0.2) is 16.3 Å². The number of methoxy groups -OCH3 is 1. The van der Waals surface area contributed by atoms with E-state index in [9.17, 15) is 9.59 Å². The van der Waals surface area contributed by atoms with Gasteiger partial charge in [0.1, 0.15) is 0 Å². The van der Waals surface area contributed by atoms with Crippen LogP contribution >= 0.6 is 11.3 Å². The van der Waals surface area contributed by atoms with E-state index >= 15 is 0 Å². The van der Waals surface area contributed by atoms with E-state index in [4.69, 9.17) is 14.2 Å². The highest BCUT2D eigenvalue weighted by molar-refractivity contribution is 7.07. The van der Waals surface area contributed by atoms with Crippen LogP contribution in [0.1, 0.15) is 56.8 Å². The molecule has 0 unspecified atom stereocenters. The average Bonchev–Trinajstić information content (AvgIpc) is 3.18. The molecule has 2 aromatic carbocycles. The Labute approximate surface area is 220 Å². The summed E-state index contributed by atoms with van der Waals surface area (Å²) in [5, 5.41) is 0. The summed E-state index contributed by atoms with van der Waals surface area (Å²) in [6.45, 7) is 9.84. The van der Waals surface area contributed by atoms with E-state index in [1.54, 1.807) is 25.5 Å². The molecule has 1 aromatic heterocycles. The molecule has 0 fully saturated rings. The van der Waals surface area contributed by atoms with Crippen LogP contribution in [0.15, 0.2) is 63.5 Å². The molecule has 0 saturated heterocycles. The maximum atomic E-state index is 13.8. The molecule has 0 bridgehead atoms. The molecule has 194 valence electrons. The summed E-state index contributed by atoms with van der Waals surface area (Å²) in [5.41, 5.74) is 3.41. The summed E-state index contributed by atoms with van der Waals surface area (Å²) in [6, 6.07) is 12.8. The SMILES string of the molecule is CCOC(=O)C1=C(C)N=c2s/c(=C/c3ccc(O[C@@H](C)CC)c(OC)c3)c(=O)n2[C@H]1c1ccc(C)cc1. The molecule has 3 aromatic rings. The zero-order chi connectivity index (χ0) is 26.7. The van der Waals surface area contributed by atoms with E-state index in [1.165, 1.54) is 11.3 Å². The summed E-state index contributed by atoms with van der Waals surface area (Å²) in [6.07, 6.45) is 2.75. The van der Waals surface area contributed by atoms with Gasteiger partial charge in [-0.25, -0.2) is 9.79 Å². The number of rotatable bonds is 8. The van der Waals surface area contributed by atoms with Crippen molar-refractivity contribution in [3.63, 3.8) is 0 Å². The molecular formula is C29H32N2O5S. The van der Waals surface area contributed by atoms with Crippen LogP contribution < -0.4 is 24.4 Å². The number of aryl methyl sites for hydroxylation is 1. The Morgan fingerprint density at radius 1 is 1.14 bits per heavy atom. The van der Waals surface area contributed by atoms with Gasteiger partial charge in [-0.2, -0.15) is 0 Å². The molecule has 0 spiro atoms. The van der Waals surface area contributed by atoms with Crippen molar-refractivity contribution in [1.29, 1.82) is 0 Å². The number of aromatic nitrogens is 1. The number of nitrogens with zero attached hydrogens (tertiary/aromatic N) is 2. The Hall–Kier alpha value is -3.65. The number of carbonyl (C=O) groups excluding carboxylic acids is 1. The number of hydrogen-bond acceptors (Lipinski definition) is 7. The van der Waals surface area contributed by atoms with Gasteiger partial charge >= 0.3 is 5.97 Å². The number of carbonyl (C=O) groups is 1. The molecule has 1 aliphatic rings. The largest absolute Gasteiger partial charge is 0.493 e. The number of allylic oxidation sites excluding steroid dienone is 1. The van der Waals surface area contributed by atoms with Crippen LogP contribution in [-0.4, -0.2) is 30.4 Å². The van der Waals surface area contributed by atoms with Crippen LogP contribution in [0.2, 0.25) is 0 Å². The minimum absolute atomic E-state index is 0.0575. The summed E-state index contributed by atoms with van der Waals surface area (Å²) < 4.78 is 18.9. The Balaban J connectivity index is 1.85. The molecule has 1 aliphatic heterocycles. The fourth-order valence-corrected chi connectivity index (χ4v) is 5.23. The predicted molar refractivity (Wildman–Crippen MR) is 145 cm³/mol. The van der Waals surface area contributed by atoms with Gasteiger partial charge in [0.05, 0.1) is 41.7 Å². The van der Waals surface area contributed by atoms with Crippen molar-refractivity contribution in [3.8, 4) is 11.5 Å². The summed E-state index contributed by atoms with van der Waals surface area (Å²) in [5.74, 6) is 0.787. The minimum atomic E-state index is -0.626. The molecule has 37 heavy (non-hydrogen) atoms. The zero-order valence-electron chi connectivity index (χ0n) is 22.0. The summed E-state index contributed by atoms with van der Waals surface area (Å²) in [7, 11) is 1.59. The lowest BCUT2D eigenvalue weighted by molar-refractivity contribution is -0.139. The number of ether oxygens (including phenoxy) is 3. The fraction of sp³-hybridized carbons (Fsp3) is 0.345. The minimum Gasteiger partial charge on any atom is -0.493 e. The molecule has 0 amide bonds. The van der Waals surface area contributed by atoms with Gasteiger partial charge in [-0.1, -0.05) is 54.2 Å². The van der Waals surface area contributed by atoms with Gasteiger partial charge in [-0.3, -0.25) is 9.36 Å². The van der Waals surface area contributed by atoms with E-state index < -0.39 is 12.0 Å². The molecule has 0 aliphatic carbocycles. The van der Waals surface area contributed by atoms with Crippen LogP contribution in [0.25, 0.3) is 6.08 Å². The lowest BCUT2D eigenvalue weighted by Crippen LogP contribution is -2.39. The van der Waals surface area contributed by atoms with E-state index in [0.717, 1.165) is 23.1 Å². The monoisotopic (exact) mass is 520 g/mol. The first-order chi connectivity index (χ1) is 17.8. The second-order valence-electron chi connectivity index (χ2n) is 8.96. The molecule has 0 saturated carbocycles. The van der Waals surface area contributed by atoms with Crippen LogP contribution in [-0.2, 0) is 9.53 Å². The van der Waals surface area contributed by atoms with Gasteiger partial charge < -0.3 is 14.2 Å². The second kappa shape index (κ2) is 11.2. The third-order valence-electron chi connectivity index (χ3n) is 6.30. The molecule has 0 N–H and O–H groups in total. The second-order valence-corrected chi connectivity index (χ2v) is 9.97. The van der Waals surface area contributed by atoms with Gasteiger partial charge in [0.25, 0.3) is 5.56 Å². The third kappa shape index (κ3) is 5.39. The fourth-order valence-electron chi connectivity index (χ4n) is 4.18. The molecule has 2 heterocycles. The Morgan fingerprint density at radius 2 is 1.86 bits per heavy atom. The van der Waals surface area contributed by atoms with Gasteiger partial charge in [-0.15, -0.1) is 0 Å². The molecule has 4 rings (SSSR count). The quantitative estimate of drug-likeness (QED) is 0.414. The number of benzene rings is 2. The molecule has 2 atom stereocenters. The molecule has 7 nitrogen and oxygen atoms in total. The van der Waals surface area contributed by atoms with Crippen LogP contribution in [0.5, 0.6) is 11.5 Å².